The molecule has 7 heteroatoms. The van der Waals surface area contributed by atoms with Crippen LogP contribution in [-0.2, 0) is 4.79 Å². The van der Waals surface area contributed by atoms with Crippen molar-refractivity contribution < 1.29 is 18.4 Å². The van der Waals surface area contributed by atoms with Gasteiger partial charge in [0.25, 0.3) is 5.91 Å². The highest BCUT2D eigenvalue weighted by Gasteiger charge is 2.29. The number of nitrogens with one attached hydrogen (secondary N) is 2. The molecule has 5 nitrogen and oxygen atoms in total. The van der Waals surface area contributed by atoms with Crippen molar-refractivity contribution in [3.8, 4) is 0 Å². The number of nitrogens with zero attached hydrogens (tertiary/aromatic N) is 1. The van der Waals surface area contributed by atoms with Crippen molar-refractivity contribution in [2.45, 2.75) is 12.8 Å². The fraction of sp³-hybridized carbons (Fsp3) is 0.188. The third-order valence-corrected chi connectivity index (χ3v) is 3.41. The first-order valence-electron chi connectivity index (χ1n) is 7.07. The zero-order valence-corrected chi connectivity index (χ0v) is 12.0. The van der Waals surface area contributed by atoms with Crippen LogP contribution in [-0.4, -0.2) is 16.8 Å². The van der Waals surface area contributed by atoms with Gasteiger partial charge < -0.3 is 10.6 Å². The Bertz CT molecular complexity index is 755. The number of amides is 2. The van der Waals surface area contributed by atoms with E-state index in [0.29, 0.717) is 0 Å². The summed E-state index contributed by atoms with van der Waals surface area (Å²) in [6.45, 7) is 0. The minimum Gasteiger partial charge on any atom is -0.322 e. The Hall–Kier alpha value is -2.83. The number of carbonyl (C=O) groups excluding carboxylic acids is 2. The van der Waals surface area contributed by atoms with Gasteiger partial charge in [0.15, 0.2) is 0 Å². The molecule has 118 valence electrons. The normalized spacial score (nSPS) is 13.5. The number of hydrogen-bond donors (Lipinski definition) is 2. The SMILES string of the molecule is O=C(Nc1ccnc(NC(=O)C2CC2)c1)c1c(F)cccc1F. The van der Waals surface area contributed by atoms with E-state index >= 15 is 0 Å². The molecule has 2 aromatic rings. The van der Waals surface area contributed by atoms with Crippen molar-refractivity contribution >= 4 is 23.3 Å². The van der Waals surface area contributed by atoms with E-state index in [-0.39, 0.29) is 23.3 Å². The van der Waals surface area contributed by atoms with Crippen molar-refractivity contribution in [2.24, 2.45) is 5.92 Å². The molecule has 0 unspecified atom stereocenters. The fourth-order valence-electron chi connectivity index (χ4n) is 2.06. The molecule has 1 aromatic carbocycles. The Morgan fingerprint density at radius 2 is 1.78 bits per heavy atom. The molecule has 3 rings (SSSR count). The molecule has 23 heavy (non-hydrogen) atoms. The zero-order valence-electron chi connectivity index (χ0n) is 12.0. The Labute approximate surface area is 130 Å². The molecule has 0 saturated heterocycles. The largest absolute Gasteiger partial charge is 0.322 e. The molecule has 0 atom stereocenters. The molecule has 1 aliphatic rings. The van der Waals surface area contributed by atoms with Crippen LogP contribution in [0.1, 0.15) is 23.2 Å². The van der Waals surface area contributed by atoms with Gasteiger partial charge in [-0.3, -0.25) is 9.59 Å². The number of benzene rings is 1. The zero-order chi connectivity index (χ0) is 16.4. The van der Waals surface area contributed by atoms with Crippen LogP contribution in [0, 0.1) is 17.6 Å². The molecule has 1 fully saturated rings. The first-order chi connectivity index (χ1) is 11.0. The van der Waals surface area contributed by atoms with Gasteiger partial charge in [0.2, 0.25) is 5.91 Å². The smallest absolute Gasteiger partial charge is 0.261 e. The molecule has 0 bridgehead atoms. The van der Waals surface area contributed by atoms with Crippen LogP contribution in [0.3, 0.4) is 0 Å². The third-order valence-electron chi connectivity index (χ3n) is 3.41. The lowest BCUT2D eigenvalue weighted by Gasteiger charge is -2.09. The molecule has 0 spiro atoms. The first kappa shape index (κ1) is 15.1. The Kier molecular flexibility index (Phi) is 4.01. The Balaban J connectivity index is 1.74. The molecule has 0 radical (unpaired) electrons. The first-order valence-corrected chi connectivity index (χ1v) is 7.07. The van der Waals surface area contributed by atoms with Crippen LogP contribution < -0.4 is 10.6 Å². The second-order valence-electron chi connectivity index (χ2n) is 5.24. The van der Waals surface area contributed by atoms with Gasteiger partial charge in [0, 0.05) is 23.9 Å². The van der Waals surface area contributed by atoms with Gasteiger partial charge in [-0.25, -0.2) is 13.8 Å². The number of anilines is 2. The molecule has 1 saturated carbocycles. The van der Waals surface area contributed by atoms with Gasteiger partial charge in [-0.15, -0.1) is 0 Å². The van der Waals surface area contributed by atoms with Gasteiger partial charge >= 0.3 is 0 Å². The van der Waals surface area contributed by atoms with Crippen LogP contribution in [0.25, 0.3) is 0 Å². The summed E-state index contributed by atoms with van der Waals surface area (Å²) in [6.07, 6.45) is 3.10. The van der Waals surface area contributed by atoms with E-state index < -0.39 is 23.1 Å². The summed E-state index contributed by atoms with van der Waals surface area (Å²) in [5.41, 5.74) is -0.383. The van der Waals surface area contributed by atoms with Crippen molar-refractivity contribution in [2.75, 3.05) is 10.6 Å². The minimum atomic E-state index is -0.946. The predicted molar refractivity (Wildman–Crippen MR) is 79.9 cm³/mol. The van der Waals surface area contributed by atoms with Crippen molar-refractivity contribution in [1.82, 2.24) is 4.98 Å². The van der Waals surface area contributed by atoms with Crippen LogP contribution in [0.5, 0.6) is 0 Å². The highest BCUT2D eigenvalue weighted by atomic mass is 19.1. The van der Waals surface area contributed by atoms with Crippen molar-refractivity contribution in [3.05, 3.63) is 53.7 Å². The minimum absolute atomic E-state index is 0.0163. The van der Waals surface area contributed by atoms with E-state index in [0.717, 1.165) is 25.0 Å². The van der Waals surface area contributed by atoms with Crippen LogP contribution in [0.2, 0.25) is 0 Å². The highest BCUT2D eigenvalue weighted by molar-refractivity contribution is 6.05. The number of pyridine rings is 1. The van der Waals surface area contributed by atoms with Crippen LogP contribution in [0.4, 0.5) is 20.3 Å². The molecule has 0 aliphatic heterocycles. The second-order valence-corrected chi connectivity index (χ2v) is 5.24. The maximum Gasteiger partial charge on any atom is 0.261 e. The molecule has 2 amide bonds. The average molecular weight is 317 g/mol. The van der Waals surface area contributed by atoms with Gasteiger partial charge in [-0.05, 0) is 31.0 Å². The molecule has 1 heterocycles. The quantitative estimate of drug-likeness (QED) is 0.911. The van der Waals surface area contributed by atoms with Gasteiger partial charge in [0.1, 0.15) is 23.0 Å². The summed E-state index contributed by atoms with van der Waals surface area (Å²) in [5, 5.41) is 5.02. The molecule has 1 aliphatic carbocycles. The van der Waals surface area contributed by atoms with Crippen LogP contribution in [0.15, 0.2) is 36.5 Å². The Morgan fingerprint density at radius 1 is 1.09 bits per heavy atom. The van der Waals surface area contributed by atoms with E-state index in [9.17, 15) is 18.4 Å². The van der Waals surface area contributed by atoms with E-state index in [1.165, 1.54) is 24.4 Å². The topological polar surface area (TPSA) is 71.1 Å². The average Bonchev–Trinajstić information content (AvgIpc) is 3.32. The number of rotatable bonds is 4. The Morgan fingerprint density at radius 3 is 2.43 bits per heavy atom. The van der Waals surface area contributed by atoms with Gasteiger partial charge in [-0.1, -0.05) is 6.07 Å². The molecular formula is C16H13F2N3O2. The summed E-state index contributed by atoms with van der Waals surface area (Å²) in [5.74, 6) is -2.64. The highest BCUT2D eigenvalue weighted by Crippen LogP contribution is 2.30. The lowest BCUT2D eigenvalue weighted by atomic mass is 10.2. The summed E-state index contributed by atoms with van der Waals surface area (Å²) in [6, 6.07) is 6.08. The van der Waals surface area contributed by atoms with Crippen molar-refractivity contribution in [3.63, 3.8) is 0 Å². The van der Waals surface area contributed by atoms with Gasteiger partial charge in [-0.2, -0.15) is 0 Å². The maximum absolute atomic E-state index is 13.6. The van der Waals surface area contributed by atoms with E-state index in [2.05, 4.69) is 15.6 Å². The lowest BCUT2D eigenvalue weighted by molar-refractivity contribution is -0.117. The number of aromatic nitrogens is 1. The van der Waals surface area contributed by atoms with Crippen molar-refractivity contribution in [1.29, 1.82) is 0 Å². The number of carbonyl (C=O) groups is 2. The second kappa shape index (κ2) is 6.12. The fourth-order valence-corrected chi connectivity index (χ4v) is 2.06. The lowest BCUT2D eigenvalue weighted by Crippen LogP contribution is -2.17. The standard InChI is InChI=1S/C16H13F2N3O2/c17-11-2-1-3-12(18)14(11)16(23)20-10-6-7-19-13(8-10)21-15(22)9-4-5-9/h1-3,6-9H,4-5H2,(H2,19,20,21,22,23). The molecule has 1 aromatic heterocycles. The van der Waals surface area contributed by atoms with E-state index in [4.69, 9.17) is 0 Å². The summed E-state index contributed by atoms with van der Waals surface area (Å²) >= 11 is 0. The van der Waals surface area contributed by atoms with E-state index in [1.807, 2.05) is 0 Å². The van der Waals surface area contributed by atoms with Gasteiger partial charge in [0.05, 0.1) is 0 Å². The molecular weight excluding hydrogens is 304 g/mol. The summed E-state index contributed by atoms with van der Waals surface area (Å²) in [7, 11) is 0. The summed E-state index contributed by atoms with van der Waals surface area (Å²) in [4.78, 5) is 27.7. The van der Waals surface area contributed by atoms with E-state index in [1.54, 1.807) is 0 Å². The monoisotopic (exact) mass is 317 g/mol. The van der Waals surface area contributed by atoms with Crippen LogP contribution >= 0.6 is 0 Å². The summed E-state index contributed by atoms with van der Waals surface area (Å²) < 4.78 is 27.2. The third kappa shape index (κ3) is 3.50. The number of hydrogen-bond acceptors (Lipinski definition) is 3. The molecule has 2 N–H and O–H groups in total. The number of halogens is 2. The maximum atomic E-state index is 13.6. The predicted octanol–water partition coefficient (Wildman–Crippen LogP) is 2.96.